The van der Waals surface area contributed by atoms with Gasteiger partial charge in [0.15, 0.2) is 5.96 Å². The number of aliphatic imine (C=N–C) groups is 1. The Bertz CT molecular complexity index is 881. The Kier molecular flexibility index (Phi) is 9.15. The number of rotatable bonds is 8. The van der Waals surface area contributed by atoms with Crippen LogP contribution in [0.2, 0.25) is 5.02 Å². The maximum atomic E-state index is 12.2. The van der Waals surface area contributed by atoms with Crippen LogP contribution in [0.25, 0.3) is 0 Å². The molecule has 160 valence electrons. The maximum Gasteiger partial charge on any atom is 0.253 e. The minimum Gasteiger partial charge on any atom is -0.357 e. The molecule has 8 heteroatoms. The Hall–Kier alpha value is -3.06. The van der Waals surface area contributed by atoms with Gasteiger partial charge in [-0.3, -0.25) is 9.59 Å². The second-order valence-corrected chi connectivity index (χ2v) is 7.16. The fraction of sp³-hybridized carbons (Fsp3) is 0.318. The van der Waals surface area contributed by atoms with Crippen molar-refractivity contribution in [2.45, 2.75) is 13.5 Å². The highest BCUT2D eigenvalue weighted by Crippen LogP contribution is 2.14. The van der Waals surface area contributed by atoms with Crippen molar-refractivity contribution in [1.29, 1.82) is 0 Å². The second-order valence-electron chi connectivity index (χ2n) is 6.75. The predicted molar refractivity (Wildman–Crippen MR) is 121 cm³/mol. The molecule has 0 aliphatic carbocycles. The van der Waals surface area contributed by atoms with Gasteiger partial charge in [-0.1, -0.05) is 35.9 Å². The summed E-state index contributed by atoms with van der Waals surface area (Å²) in [5.74, 6) is 0.411. The topological polar surface area (TPSA) is 85.8 Å². The van der Waals surface area contributed by atoms with Crippen molar-refractivity contribution in [3.05, 3.63) is 70.2 Å². The minimum absolute atomic E-state index is 0.0288. The lowest BCUT2D eigenvalue weighted by atomic mass is 10.1. The number of guanidine groups is 1. The van der Waals surface area contributed by atoms with Crippen molar-refractivity contribution >= 4 is 29.4 Å². The summed E-state index contributed by atoms with van der Waals surface area (Å²) in [4.78, 5) is 30.2. The summed E-state index contributed by atoms with van der Waals surface area (Å²) in [5, 5.41) is 9.62. The number of halogens is 1. The summed E-state index contributed by atoms with van der Waals surface area (Å²) in [5.41, 5.74) is 2.09. The number of hydrogen-bond acceptors (Lipinski definition) is 3. The van der Waals surface area contributed by atoms with Crippen LogP contribution in [0.3, 0.4) is 0 Å². The number of benzene rings is 2. The van der Waals surface area contributed by atoms with Crippen molar-refractivity contribution in [2.75, 3.05) is 33.7 Å². The average molecular weight is 430 g/mol. The zero-order valence-corrected chi connectivity index (χ0v) is 18.3. The lowest BCUT2D eigenvalue weighted by molar-refractivity contribution is 0.0827. The molecule has 0 heterocycles. The zero-order chi connectivity index (χ0) is 21.9. The highest BCUT2D eigenvalue weighted by atomic mass is 35.5. The average Bonchev–Trinajstić information content (AvgIpc) is 2.74. The molecule has 0 atom stereocenters. The maximum absolute atomic E-state index is 12.2. The standard InChI is InChI=1S/C22H28ClN5O2/c1-4-24-22(26-14-13-25-20(29)18-7-5-6-8-19(18)23)27-15-16-9-11-17(12-10-16)21(30)28(2)3/h5-12H,4,13-15H2,1-3H3,(H,25,29)(H2,24,26,27). The van der Waals surface area contributed by atoms with E-state index in [4.69, 9.17) is 11.6 Å². The summed E-state index contributed by atoms with van der Waals surface area (Å²) in [6.45, 7) is 4.11. The molecule has 0 unspecified atom stereocenters. The molecule has 3 N–H and O–H groups in total. The van der Waals surface area contributed by atoms with E-state index < -0.39 is 0 Å². The Morgan fingerprint density at radius 1 is 0.967 bits per heavy atom. The van der Waals surface area contributed by atoms with Gasteiger partial charge in [0.25, 0.3) is 11.8 Å². The van der Waals surface area contributed by atoms with Crippen LogP contribution in [0.4, 0.5) is 0 Å². The highest BCUT2D eigenvalue weighted by Gasteiger charge is 2.09. The largest absolute Gasteiger partial charge is 0.357 e. The normalized spacial score (nSPS) is 11.0. The van der Waals surface area contributed by atoms with Gasteiger partial charge in [-0.25, -0.2) is 4.99 Å². The fourth-order valence-electron chi connectivity index (χ4n) is 2.62. The van der Waals surface area contributed by atoms with E-state index in [1.165, 1.54) is 0 Å². The van der Waals surface area contributed by atoms with Gasteiger partial charge in [-0.2, -0.15) is 0 Å². The molecule has 2 amide bonds. The van der Waals surface area contributed by atoms with Gasteiger partial charge in [0, 0.05) is 39.3 Å². The van der Waals surface area contributed by atoms with Gasteiger partial charge < -0.3 is 20.9 Å². The van der Waals surface area contributed by atoms with E-state index in [-0.39, 0.29) is 11.8 Å². The van der Waals surface area contributed by atoms with Gasteiger partial charge in [-0.15, -0.1) is 0 Å². The van der Waals surface area contributed by atoms with E-state index in [2.05, 4.69) is 20.9 Å². The van der Waals surface area contributed by atoms with Gasteiger partial charge >= 0.3 is 0 Å². The first-order chi connectivity index (χ1) is 14.4. The number of hydrogen-bond donors (Lipinski definition) is 3. The van der Waals surface area contributed by atoms with E-state index in [9.17, 15) is 9.59 Å². The van der Waals surface area contributed by atoms with Crippen LogP contribution in [-0.4, -0.2) is 56.4 Å². The molecule has 2 rings (SSSR count). The first-order valence-electron chi connectivity index (χ1n) is 9.78. The number of carbonyl (C=O) groups is 2. The highest BCUT2D eigenvalue weighted by molar-refractivity contribution is 6.33. The van der Waals surface area contributed by atoms with Crippen LogP contribution in [-0.2, 0) is 6.54 Å². The first kappa shape index (κ1) is 23.2. The predicted octanol–water partition coefficient (Wildman–Crippen LogP) is 2.53. The monoisotopic (exact) mass is 429 g/mol. The molecule has 0 aliphatic heterocycles. The number of nitrogens with zero attached hydrogens (tertiary/aromatic N) is 2. The van der Waals surface area contributed by atoms with Crippen molar-refractivity contribution in [2.24, 2.45) is 4.99 Å². The second kappa shape index (κ2) is 11.8. The van der Waals surface area contributed by atoms with Gasteiger partial charge in [0.05, 0.1) is 17.1 Å². The quantitative estimate of drug-likeness (QED) is 0.342. The Labute approximate surface area is 182 Å². The first-order valence-corrected chi connectivity index (χ1v) is 10.2. The lowest BCUT2D eigenvalue weighted by Crippen LogP contribution is -2.41. The van der Waals surface area contributed by atoms with Crippen molar-refractivity contribution in [3.63, 3.8) is 0 Å². The van der Waals surface area contributed by atoms with Crippen LogP contribution in [0.5, 0.6) is 0 Å². The molecule has 2 aromatic carbocycles. The Morgan fingerprint density at radius 2 is 1.63 bits per heavy atom. The van der Waals surface area contributed by atoms with Crippen LogP contribution in [0, 0.1) is 0 Å². The van der Waals surface area contributed by atoms with Crippen LogP contribution in [0.1, 0.15) is 33.2 Å². The summed E-state index contributed by atoms with van der Waals surface area (Å²) in [6.07, 6.45) is 0. The molecule has 0 bridgehead atoms. The third-order valence-corrected chi connectivity index (χ3v) is 4.52. The molecule has 0 radical (unpaired) electrons. The number of carbonyl (C=O) groups excluding carboxylic acids is 2. The van der Waals surface area contributed by atoms with Crippen LogP contribution in [0.15, 0.2) is 53.5 Å². The van der Waals surface area contributed by atoms with Gasteiger partial charge in [0.1, 0.15) is 0 Å². The fourth-order valence-corrected chi connectivity index (χ4v) is 2.84. The molecule has 0 aliphatic rings. The number of nitrogens with one attached hydrogen (secondary N) is 3. The van der Waals surface area contributed by atoms with Gasteiger partial charge in [-0.05, 0) is 36.8 Å². The van der Waals surface area contributed by atoms with E-state index in [1.807, 2.05) is 19.1 Å². The minimum atomic E-state index is -0.211. The summed E-state index contributed by atoms with van der Waals surface area (Å²) < 4.78 is 0. The smallest absolute Gasteiger partial charge is 0.253 e. The van der Waals surface area contributed by atoms with Crippen LogP contribution >= 0.6 is 11.6 Å². The lowest BCUT2D eigenvalue weighted by Gasteiger charge is -2.12. The van der Waals surface area contributed by atoms with Crippen molar-refractivity contribution < 1.29 is 9.59 Å². The molecule has 7 nitrogen and oxygen atoms in total. The van der Waals surface area contributed by atoms with E-state index in [0.29, 0.717) is 48.3 Å². The zero-order valence-electron chi connectivity index (χ0n) is 17.5. The molecule has 0 saturated carbocycles. The molecule has 30 heavy (non-hydrogen) atoms. The summed E-state index contributed by atoms with van der Waals surface area (Å²) in [7, 11) is 3.46. The van der Waals surface area contributed by atoms with E-state index in [0.717, 1.165) is 5.56 Å². The van der Waals surface area contributed by atoms with Crippen molar-refractivity contribution in [3.8, 4) is 0 Å². The van der Waals surface area contributed by atoms with Gasteiger partial charge in [0.2, 0.25) is 0 Å². The molecular weight excluding hydrogens is 402 g/mol. The molecular formula is C22H28ClN5O2. The van der Waals surface area contributed by atoms with Crippen LogP contribution < -0.4 is 16.0 Å². The number of amides is 2. The molecule has 0 saturated heterocycles. The molecule has 2 aromatic rings. The third kappa shape index (κ3) is 7.08. The SMILES string of the molecule is CCNC(=NCc1ccc(C(=O)N(C)C)cc1)NCCNC(=O)c1ccccc1Cl. The third-order valence-electron chi connectivity index (χ3n) is 4.19. The van der Waals surface area contributed by atoms with Crippen molar-refractivity contribution in [1.82, 2.24) is 20.9 Å². The summed E-state index contributed by atoms with van der Waals surface area (Å²) in [6, 6.07) is 14.3. The Morgan fingerprint density at radius 3 is 2.27 bits per heavy atom. The van der Waals surface area contributed by atoms with E-state index in [1.54, 1.807) is 55.4 Å². The molecule has 0 aromatic heterocycles. The van der Waals surface area contributed by atoms with E-state index >= 15 is 0 Å². The molecule has 0 spiro atoms. The molecule has 0 fully saturated rings. The summed E-state index contributed by atoms with van der Waals surface area (Å²) >= 11 is 6.04. The Balaban J connectivity index is 1.85.